The molecule has 6 heteroatoms. The monoisotopic (exact) mass is 423 g/mol. The lowest BCUT2D eigenvalue weighted by Crippen LogP contribution is -1.95. The summed E-state index contributed by atoms with van der Waals surface area (Å²) in [5.41, 5.74) is 3.63. The van der Waals surface area contributed by atoms with Crippen LogP contribution in [0.15, 0.2) is 107 Å². The Morgan fingerprint density at radius 3 is 2.06 bits per heavy atom. The smallest absolute Gasteiger partial charge is 0.277 e. The Morgan fingerprint density at radius 1 is 0.719 bits per heavy atom. The number of aryl methyl sites for hydroxylation is 2. The molecule has 0 radical (unpaired) electrons. The molecule has 4 aromatic rings. The molecule has 0 fully saturated rings. The minimum absolute atomic E-state index is 0.0750. The van der Waals surface area contributed by atoms with Crippen LogP contribution in [-0.4, -0.2) is 10.0 Å². The van der Waals surface area contributed by atoms with Gasteiger partial charge in [0.15, 0.2) is 5.75 Å². The summed E-state index contributed by atoms with van der Waals surface area (Å²) in [5, 5.41) is 31.0. The highest BCUT2D eigenvalue weighted by Crippen LogP contribution is 2.42. The second-order valence-corrected chi connectivity index (χ2v) is 7.31. The van der Waals surface area contributed by atoms with Crippen molar-refractivity contribution in [1.82, 2.24) is 0 Å². The van der Waals surface area contributed by atoms with E-state index in [1.165, 1.54) is 11.6 Å². The van der Waals surface area contributed by atoms with Gasteiger partial charge in [0.25, 0.3) is 5.69 Å². The fourth-order valence-electron chi connectivity index (χ4n) is 3.50. The van der Waals surface area contributed by atoms with Gasteiger partial charge in [0.05, 0.1) is 16.2 Å². The molecular formula is C26H21N3O3. The highest BCUT2D eigenvalue weighted by atomic mass is 16.6. The number of benzene rings is 4. The first-order chi connectivity index (χ1) is 15.6. The van der Waals surface area contributed by atoms with Crippen molar-refractivity contribution in [2.45, 2.75) is 12.8 Å². The molecule has 4 aromatic carbocycles. The van der Waals surface area contributed by atoms with E-state index in [0.29, 0.717) is 23.2 Å². The molecule has 0 heterocycles. The Kier molecular flexibility index (Phi) is 6.32. The van der Waals surface area contributed by atoms with Gasteiger partial charge in [-0.2, -0.15) is 5.11 Å². The second-order valence-electron chi connectivity index (χ2n) is 7.31. The van der Waals surface area contributed by atoms with Crippen LogP contribution in [0.25, 0.3) is 11.1 Å². The van der Waals surface area contributed by atoms with E-state index in [2.05, 4.69) is 22.4 Å². The van der Waals surface area contributed by atoms with Crippen molar-refractivity contribution >= 4 is 17.1 Å². The van der Waals surface area contributed by atoms with Gasteiger partial charge >= 0.3 is 0 Å². The zero-order chi connectivity index (χ0) is 22.3. The zero-order valence-electron chi connectivity index (χ0n) is 17.3. The molecule has 4 rings (SSSR count). The molecule has 0 aliphatic heterocycles. The van der Waals surface area contributed by atoms with Crippen LogP contribution in [-0.2, 0) is 12.8 Å². The average Bonchev–Trinajstić information content (AvgIpc) is 2.84. The van der Waals surface area contributed by atoms with Crippen molar-refractivity contribution < 1.29 is 10.0 Å². The number of nitro groups is 1. The lowest BCUT2D eigenvalue weighted by atomic mass is 9.96. The molecule has 0 saturated heterocycles. The van der Waals surface area contributed by atoms with E-state index in [9.17, 15) is 15.2 Å². The molecule has 0 aliphatic carbocycles. The summed E-state index contributed by atoms with van der Waals surface area (Å²) < 4.78 is 0. The van der Waals surface area contributed by atoms with Crippen LogP contribution >= 0.6 is 0 Å². The van der Waals surface area contributed by atoms with E-state index in [1.54, 1.807) is 30.3 Å². The number of azo groups is 1. The number of hydrogen-bond acceptors (Lipinski definition) is 5. The second kappa shape index (κ2) is 9.66. The lowest BCUT2D eigenvalue weighted by Gasteiger charge is -2.11. The van der Waals surface area contributed by atoms with Gasteiger partial charge in [-0.25, -0.2) is 0 Å². The number of phenols is 1. The van der Waals surface area contributed by atoms with Gasteiger partial charge in [-0.05, 0) is 54.3 Å². The third kappa shape index (κ3) is 4.87. The van der Waals surface area contributed by atoms with Crippen molar-refractivity contribution in [3.63, 3.8) is 0 Å². The molecule has 0 amide bonds. The summed E-state index contributed by atoms with van der Waals surface area (Å²) in [5.74, 6) is -0.137. The summed E-state index contributed by atoms with van der Waals surface area (Å²) in [7, 11) is 0. The third-order valence-electron chi connectivity index (χ3n) is 5.12. The van der Waals surface area contributed by atoms with Gasteiger partial charge in [-0.3, -0.25) is 10.1 Å². The Bertz CT molecular complexity index is 1260. The average molecular weight is 423 g/mol. The van der Waals surface area contributed by atoms with Crippen LogP contribution in [0.5, 0.6) is 5.75 Å². The van der Waals surface area contributed by atoms with Gasteiger partial charge in [0.1, 0.15) is 5.69 Å². The van der Waals surface area contributed by atoms with Crippen LogP contribution < -0.4 is 0 Å². The summed E-state index contributed by atoms with van der Waals surface area (Å²) in [6, 6.07) is 29.2. The molecular weight excluding hydrogens is 402 g/mol. The Balaban J connectivity index is 1.77. The molecule has 0 saturated carbocycles. The summed E-state index contributed by atoms with van der Waals surface area (Å²) in [6.45, 7) is 0. The predicted octanol–water partition coefficient (Wildman–Crippen LogP) is 7.17. The minimum Gasteiger partial charge on any atom is -0.505 e. The van der Waals surface area contributed by atoms with Crippen LogP contribution in [0.3, 0.4) is 0 Å². The molecule has 0 aliphatic rings. The van der Waals surface area contributed by atoms with Gasteiger partial charge in [-0.1, -0.05) is 60.7 Å². The molecule has 0 aromatic heterocycles. The van der Waals surface area contributed by atoms with Crippen molar-refractivity contribution in [3.05, 3.63) is 118 Å². The standard InChI is InChI=1S/C26H21N3O3/c30-26-23(22-13-7-8-14-25(22)29(31)32)17-20(16-15-19-9-3-1-4-10-19)18-24(26)28-27-21-11-5-2-6-12-21/h1-14,17-18,30H,15-16H2. The zero-order valence-corrected chi connectivity index (χ0v) is 17.3. The van der Waals surface area contributed by atoms with Crippen molar-refractivity contribution in [1.29, 1.82) is 0 Å². The first-order valence-electron chi connectivity index (χ1n) is 10.2. The summed E-state index contributed by atoms with van der Waals surface area (Å²) in [4.78, 5) is 11.1. The quantitative estimate of drug-likeness (QED) is 0.194. The highest BCUT2D eigenvalue weighted by Gasteiger charge is 2.20. The number of nitrogens with zero attached hydrogens (tertiary/aromatic N) is 3. The Hall–Kier alpha value is -4.32. The SMILES string of the molecule is O=[N+]([O-])c1ccccc1-c1cc(CCc2ccccc2)cc(N=Nc2ccccc2)c1O. The first kappa shape index (κ1) is 20.9. The van der Waals surface area contributed by atoms with Crippen molar-refractivity contribution in [2.75, 3.05) is 0 Å². The topological polar surface area (TPSA) is 88.1 Å². The minimum atomic E-state index is -0.448. The molecule has 1 N–H and O–H groups in total. The van der Waals surface area contributed by atoms with E-state index < -0.39 is 4.92 Å². The van der Waals surface area contributed by atoms with Crippen LogP contribution in [0, 0.1) is 10.1 Å². The fraction of sp³-hybridized carbons (Fsp3) is 0.0769. The van der Waals surface area contributed by atoms with Crippen LogP contribution in [0.4, 0.5) is 17.1 Å². The molecule has 0 spiro atoms. The van der Waals surface area contributed by atoms with Crippen LogP contribution in [0.1, 0.15) is 11.1 Å². The van der Waals surface area contributed by atoms with E-state index >= 15 is 0 Å². The largest absolute Gasteiger partial charge is 0.505 e. The van der Waals surface area contributed by atoms with Crippen molar-refractivity contribution in [2.24, 2.45) is 10.2 Å². The summed E-state index contributed by atoms with van der Waals surface area (Å²) in [6.07, 6.45) is 1.48. The molecule has 0 bridgehead atoms. The van der Waals surface area contributed by atoms with Gasteiger partial charge in [-0.15, -0.1) is 5.11 Å². The highest BCUT2D eigenvalue weighted by molar-refractivity contribution is 5.82. The van der Waals surface area contributed by atoms with Crippen molar-refractivity contribution in [3.8, 4) is 16.9 Å². The normalized spacial score (nSPS) is 11.0. The number of aromatic hydroxyl groups is 1. The molecule has 0 atom stereocenters. The maximum Gasteiger partial charge on any atom is 0.277 e. The number of para-hydroxylation sites is 1. The molecule has 0 unspecified atom stereocenters. The van der Waals surface area contributed by atoms with E-state index in [0.717, 1.165) is 12.0 Å². The third-order valence-corrected chi connectivity index (χ3v) is 5.12. The first-order valence-corrected chi connectivity index (χ1v) is 10.2. The summed E-state index contributed by atoms with van der Waals surface area (Å²) >= 11 is 0. The van der Waals surface area contributed by atoms with E-state index in [1.807, 2.05) is 48.5 Å². The number of nitro benzene ring substituents is 1. The number of rotatable bonds is 7. The van der Waals surface area contributed by atoms with E-state index in [4.69, 9.17) is 0 Å². The van der Waals surface area contributed by atoms with E-state index in [-0.39, 0.29) is 17.1 Å². The Labute approximate surface area is 185 Å². The molecule has 32 heavy (non-hydrogen) atoms. The predicted molar refractivity (Wildman–Crippen MR) is 125 cm³/mol. The van der Waals surface area contributed by atoms with Gasteiger partial charge in [0, 0.05) is 11.6 Å². The van der Waals surface area contributed by atoms with Gasteiger partial charge < -0.3 is 5.11 Å². The fourth-order valence-corrected chi connectivity index (χ4v) is 3.50. The molecule has 158 valence electrons. The van der Waals surface area contributed by atoms with Crippen LogP contribution in [0.2, 0.25) is 0 Å². The number of hydrogen-bond donors (Lipinski definition) is 1. The maximum atomic E-state index is 11.6. The maximum absolute atomic E-state index is 11.6. The molecule has 6 nitrogen and oxygen atoms in total. The Morgan fingerprint density at radius 2 is 1.34 bits per heavy atom. The number of phenolic OH excluding ortho intramolecular Hbond substituents is 1. The lowest BCUT2D eigenvalue weighted by molar-refractivity contribution is -0.384. The van der Waals surface area contributed by atoms with Gasteiger partial charge in [0.2, 0.25) is 0 Å².